The molecule has 1 fully saturated rings. The summed E-state index contributed by atoms with van der Waals surface area (Å²) in [6.07, 6.45) is 8.01. The summed E-state index contributed by atoms with van der Waals surface area (Å²) in [5.41, 5.74) is 2.69. The summed E-state index contributed by atoms with van der Waals surface area (Å²) in [5, 5.41) is 4.34. The van der Waals surface area contributed by atoms with Crippen molar-refractivity contribution >= 4 is 22.7 Å². The van der Waals surface area contributed by atoms with Crippen molar-refractivity contribution in [2.45, 2.75) is 83.5 Å². The first-order valence-electron chi connectivity index (χ1n) is 13.2. The van der Waals surface area contributed by atoms with Crippen molar-refractivity contribution in [2.24, 2.45) is 0 Å². The zero-order valence-corrected chi connectivity index (χ0v) is 21.7. The zero-order valence-electron chi connectivity index (χ0n) is 21.7. The number of nitrogens with one attached hydrogen (secondary N) is 1. The van der Waals surface area contributed by atoms with Gasteiger partial charge in [0.25, 0.3) is 5.91 Å². The van der Waals surface area contributed by atoms with Gasteiger partial charge in [0.15, 0.2) is 0 Å². The Morgan fingerprint density at radius 2 is 1.72 bits per heavy atom. The van der Waals surface area contributed by atoms with E-state index in [1.807, 2.05) is 47.9 Å². The number of rotatable bonds is 5. The molecule has 0 saturated heterocycles. The van der Waals surface area contributed by atoms with Crippen molar-refractivity contribution in [1.82, 2.24) is 14.8 Å². The van der Waals surface area contributed by atoms with Gasteiger partial charge in [-0.3, -0.25) is 9.59 Å². The first-order chi connectivity index (χ1) is 17.4. The lowest BCUT2D eigenvalue weighted by Gasteiger charge is -2.45. The van der Waals surface area contributed by atoms with Gasteiger partial charge in [-0.25, -0.2) is 0 Å². The Bertz CT molecular complexity index is 1250. The maximum Gasteiger partial charge on any atom is 0.271 e. The maximum absolute atomic E-state index is 14.0. The lowest BCUT2D eigenvalue weighted by molar-refractivity contribution is -0.134. The van der Waals surface area contributed by atoms with Gasteiger partial charge < -0.3 is 19.5 Å². The molecular weight excluding hydrogens is 450 g/mol. The van der Waals surface area contributed by atoms with Gasteiger partial charge in [-0.05, 0) is 50.5 Å². The van der Waals surface area contributed by atoms with Crippen LogP contribution in [0.5, 0.6) is 5.75 Å². The third kappa shape index (κ3) is 4.61. The fraction of sp³-hybridized carbons (Fsp3) is 0.467. The fourth-order valence-electron chi connectivity index (χ4n) is 5.72. The second-order valence-corrected chi connectivity index (χ2v) is 10.7. The molecule has 2 aromatic carbocycles. The molecule has 1 aliphatic heterocycles. The van der Waals surface area contributed by atoms with Crippen LogP contribution < -0.4 is 10.1 Å². The molecule has 190 valence electrons. The SMILES string of the molecule is COc1ccc2cc3n(c2c1)C[C@](C)(C(=O)NC1CCCCCCC1)N(Cc1ccc(C)cc1)C3=O. The van der Waals surface area contributed by atoms with Crippen molar-refractivity contribution in [3.8, 4) is 5.75 Å². The number of fused-ring (bicyclic) bond motifs is 3. The molecule has 1 aromatic heterocycles. The molecule has 2 heterocycles. The Morgan fingerprint density at radius 1 is 1.03 bits per heavy atom. The van der Waals surface area contributed by atoms with E-state index in [-0.39, 0.29) is 17.9 Å². The lowest BCUT2D eigenvalue weighted by Crippen LogP contribution is -2.64. The molecule has 2 amide bonds. The average molecular weight is 488 g/mol. The van der Waals surface area contributed by atoms with Gasteiger partial charge >= 0.3 is 0 Å². The van der Waals surface area contributed by atoms with E-state index in [0.29, 0.717) is 18.8 Å². The summed E-state index contributed by atoms with van der Waals surface area (Å²) < 4.78 is 7.46. The molecule has 3 aromatic rings. The molecule has 2 aliphatic rings. The highest BCUT2D eigenvalue weighted by Crippen LogP contribution is 2.35. The van der Waals surface area contributed by atoms with Gasteiger partial charge in [-0.2, -0.15) is 0 Å². The predicted molar refractivity (Wildman–Crippen MR) is 142 cm³/mol. The van der Waals surface area contributed by atoms with Crippen molar-refractivity contribution < 1.29 is 14.3 Å². The monoisotopic (exact) mass is 487 g/mol. The minimum absolute atomic E-state index is 0.0658. The molecule has 1 aliphatic carbocycles. The summed E-state index contributed by atoms with van der Waals surface area (Å²) in [7, 11) is 1.64. The van der Waals surface area contributed by atoms with Crippen molar-refractivity contribution in [1.29, 1.82) is 0 Å². The smallest absolute Gasteiger partial charge is 0.271 e. The summed E-state index contributed by atoms with van der Waals surface area (Å²) in [6.45, 7) is 4.76. The van der Waals surface area contributed by atoms with Crippen LogP contribution in [0, 0.1) is 6.92 Å². The van der Waals surface area contributed by atoms with E-state index in [1.54, 1.807) is 12.0 Å². The highest BCUT2D eigenvalue weighted by molar-refractivity contribution is 6.03. The van der Waals surface area contributed by atoms with E-state index in [2.05, 4.69) is 24.4 Å². The number of hydrogen-bond donors (Lipinski definition) is 1. The van der Waals surface area contributed by atoms with Gasteiger partial charge in [-0.1, -0.05) is 61.9 Å². The van der Waals surface area contributed by atoms with E-state index in [0.717, 1.165) is 47.9 Å². The van der Waals surface area contributed by atoms with E-state index in [4.69, 9.17) is 4.74 Å². The number of aryl methyl sites for hydroxylation is 1. The molecule has 0 spiro atoms. The van der Waals surface area contributed by atoms with Crippen molar-refractivity contribution in [2.75, 3.05) is 7.11 Å². The highest BCUT2D eigenvalue weighted by atomic mass is 16.5. The number of hydrogen-bond acceptors (Lipinski definition) is 3. The van der Waals surface area contributed by atoms with E-state index < -0.39 is 5.54 Å². The van der Waals surface area contributed by atoms with Crippen LogP contribution in [0.1, 0.15) is 73.5 Å². The third-order valence-corrected chi connectivity index (χ3v) is 8.03. The Balaban J connectivity index is 1.53. The highest BCUT2D eigenvalue weighted by Gasteiger charge is 2.48. The van der Waals surface area contributed by atoms with Crippen LogP contribution in [0.25, 0.3) is 10.9 Å². The Hall–Kier alpha value is -3.28. The largest absolute Gasteiger partial charge is 0.497 e. The molecule has 36 heavy (non-hydrogen) atoms. The minimum Gasteiger partial charge on any atom is -0.497 e. The fourth-order valence-corrected chi connectivity index (χ4v) is 5.72. The van der Waals surface area contributed by atoms with Gasteiger partial charge in [0.05, 0.1) is 19.2 Å². The Kier molecular flexibility index (Phi) is 6.78. The molecule has 1 saturated carbocycles. The molecule has 1 N–H and O–H groups in total. The van der Waals surface area contributed by atoms with Gasteiger partial charge in [0.1, 0.15) is 17.0 Å². The minimum atomic E-state index is -1.02. The second-order valence-electron chi connectivity index (χ2n) is 10.7. The maximum atomic E-state index is 14.0. The Labute approximate surface area is 213 Å². The van der Waals surface area contributed by atoms with Crippen LogP contribution >= 0.6 is 0 Å². The lowest BCUT2D eigenvalue weighted by atomic mass is 9.91. The number of methoxy groups -OCH3 is 1. The predicted octanol–water partition coefficient (Wildman–Crippen LogP) is 5.60. The molecule has 0 bridgehead atoms. The van der Waals surface area contributed by atoms with Crippen LogP contribution in [0.3, 0.4) is 0 Å². The quantitative estimate of drug-likeness (QED) is 0.509. The number of ether oxygens (including phenoxy) is 1. The van der Waals surface area contributed by atoms with E-state index in [1.165, 1.54) is 24.8 Å². The number of nitrogens with zero attached hydrogens (tertiary/aromatic N) is 2. The van der Waals surface area contributed by atoms with Crippen LogP contribution in [0.2, 0.25) is 0 Å². The standard InChI is InChI=1S/C30H37N3O3/c1-21-11-13-22(14-12-21)19-33-28(34)27-17-23-15-16-25(36-3)18-26(23)32(27)20-30(33,2)29(35)31-24-9-7-5-4-6-8-10-24/h11-18,24H,4-10,19-20H2,1-3H3,(H,31,35)/t30-/m1/s1. The summed E-state index contributed by atoms with van der Waals surface area (Å²) in [6, 6.07) is 16.1. The van der Waals surface area contributed by atoms with E-state index in [9.17, 15) is 9.59 Å². The molecule has 0 radical (unpaired) electrons. The van der Waals surface area contributed by atoms with E-state index >= 15 is 0 Å². The molecule has 0 unspecified atom stereocenters. The van der Waals surface area contributed by atoms with Crippen LogP contribution in [-0.2, 0) is 17.9 Å². The molecule has 1 atom stereocenters. The second kappa shape index (κ2) is 10.00. The zero-order chi connectivity index (χ0) is 25.3. The topological polar surface area (TPSA) is 63.6 Å². The number of carbonyl (C=O) groups is 2. The van der Waals surface area contributed by atoms with Gasteiger partial charge in [0, 0.05) is 24.0 Å². The van der Waals surface area contributed by atoms with Crippen molar-refractivity contribution in [3.63, 3.8) is 0 Å². The molecule has 5 rings (SSSR count). The molecule has 6 heteroatoms. The first kappa shape index (κ1) is 24.4. The van der Waals surface area contributed by atoms with Crippen LogP contribution in [0.4, 0.5) is 0 Å². The Morgan fingerprint density at radius 3 is 2.42 bits per heavy atom. The number of carbonyl (C=O) groups excluding carboxylic acids is 2. The number of amides is 2. The number of aromatic nitrogens is 1. The number of benzene rings is 2. The van der Waals surface area contributed by atoms with Crippen LogP contribution in [0.15, 0.2) is 48.5 Å². The van der Waals surface area contributed by atoms with Crippen molar-refractivity contribution in [3.05, 3.63) is 65.4 Å². The van der Waals surface area contributed by atoms with Gasteiger partial charge in [0.2, 0.25) is 5.91 Å². The summed E-state index contributed by atoms with van der Waals surface area (Å²) >= 11 is 0. The first-order valence-corrected chi connectivity index (χ1v) is 13.2. The third-order valence-electron chi connectivity index (χ3n) is 8.03. The van der Waals surface area contributed by atoms with Gasteiger partial charge in [-0.15, -0.1) is 0 Å². The van der Waals surface area contributed by atoms with Crippen LogP contribution in [-0.4, -0.2) is 40.0 Å². The average Bonchev–Trinajstić information content (AvgIpc) is 3.22. The molecule has 6 nitrogen and oxygen atoms in total. The molecular formula is C30H37N3O3. The summed E-state index contributed by atoms with van der Waals surface area (Å²) in [4.78, 5) is 29.8. The normalized spacial score (nSPS) is 21.1. The summed E-state index contributed by atoms with van der Waals surface area (Å²) in [5.74, 6) is 0.551.